The molecule has 5 heteroatoms. The highest BCUT2D eigenvalue weighted by atomic mass is 16.5. The van der Waals surface area contributed by atoms with Crippen LogP contribution in [0.2, 0.25) is 0 Å². The summed E-state index contributed by atoms with van der Waals surface area (Å²) in [5, 5.41) is 5.22. The van der Waals surface area contributed by atoms with Crippen molar-refractivity contribution in [1.29, 1.82) is 0 Å². The van der Waals surface area contributed by atoms with Crippen molar-refractivity contribution in [2.45, 2.75) is 51.1 Å². The number of ether oxygens (including phenoxy) is 1. The monoisotopic (exact) mass is 366 g/mol. The Kier molecular flexibility index (Phi) is 5.01. The van der Waals surface area contributed by atoms with Crippen molar-refractivity contribution < 1.29 is 14.3 Å². The molecule has 3 fully saturated rings. The van der Waals surface area contributed by atoms with Gasteiger partial charge in [-0.25, -0.2) is 9.59 Å². The zero-order valence-electron chi connectivity index (χ0n) is 15.7. The molecule has 0 spiro atoms. The molecule has 142 valence electrons. The number of benzene rings is 2. The van der Waals surface area contributed by atoms with Crippen LogP contribution in [0.1, 0.15) is 39.0 Å². The first kappa shape index (κ1) is 17.8. The predicted molar refractivity (Wildman–Crippen MR) is 106 cm³/mol. The number of urea groups is 1. The molecule has 2 aromatic carbocycles. The van der Waals surface area contributed by atoms with Crippen molar-refractivity contribution in [1.82, 2.24) is 4.90 Å². The molecule has 0 aromatic heterocycles. The van der Waals surface area contributed by atoms with E-state index in [9.17, 15) is 9.59 Å². The number of amides is 2. The van der Waals surface area contributed by atoms with Crippen molar-refractivity contribution in [3.8, 4) is 0 Å². The normalized spacial score (nSPS) is 24.0. The van der Waals surface area contributed by atoms with Gasteiger partial charge >= 0.3 is 12.0 Å². The van der Waals surface area contributed by atoms with Gasteiger partial charge < -0.3 is 15.0 Å². The van der Waals surface area contributed by atoms with Gasteiger partial charge in [0.2, 0.25) is 0 Å². The number of esters is 1. The Hall–Kier alpha value is -2.56. The van der Waals surface area contributed by atoms with E-state index in [-0.39, 0.29) is 24.0 Å². The first-order valence-electron chi connectivity index (χ1n) is 9.92. The Morgan fingerprint density at radius 3 is 2.56 bits per heavy atom. The predicted octanol–water partition coefficient (Wildman–Crippen LogP) is 4.57. The number of carbonyl (C=O) groups is 2. The van der Waals surface area contributed by atoms with Gasteiger partial charge in [0.25, 0.3) is 0 Å². The Labute approximate surface area is 159 Å². The topological polar surface area (TPSA) is 58.6 Å². The molecule has 2 aromatic rings. The highest BCUT2D eigenvalue weighted by molar-refractivity contribution is 5.96. The number of rotatable bonds is 4. The third-order valence-electron chi connectivity index (χ3n) is 5.81. The van der Waals surface area contributed by atoms with Crippen LogP contribution in [0.5, 0.6) is 0 Å². The Balaban J connectivity index is 1.55. The van der Waals surface area contributed by atoms with Crippen LogP contribution >= 0.6 is 0 Å². The zero-order valence-corrected chi connectivity index (χ0v) is 15.7. The first-order chi connectivity index (χ1) is 13.2. The van der Waals surface area contributed by atoms with Crippen molar-refractivity contribution >= 4 is 28.5 Å². The van der Waals surface area contributed by atoms with Gasteiger partial charge in [-0.2, -0.15) is 0 Å². The van der Waals surface area contributed by atoms with Crippen molar-refractivity contribution in [2.75, 3.05) is 11.9 Å². The summed E-state index contributed by atoms with van der Waals surface area (Å²) in [5.41, 5.74) is 0.751. The summed E-state index contributed by atoms with van der Waals surface area (Å²) < 4.78 is 5.41. The van der Waals surface area contributed by atoms with E-state index in [0.717, 1.165) is 48.6 Å². The number of nitrogens with zero attached hydrogens (tertiary/aromatic N) is 1. The van der Waals surface area contributed by atoms with Gasteiger partial charge in [-0.05, 0) is 60.9 Å². The minimum atomic E-state index is -0.454. The Bertz CT molecular complexity index is 842. The van der Waals surface area contributed by atoms with Crippen LogP contribution in [0.25, 0.3) is 10.8 Å². The first-order valence-corrected chi connectivity index (χ1v) is 9.92. The van der Waals surface area contributed by atoms with Crippen LogP contribution in [0, 0.1) is 5.92 Å². The smallest absolute Gasteiger partial charge is 0.329 e. The lowest BCUT2D eigenvalue weighted by atomic mass is 9.74. The average Bonchev–Trinajstić information content (AvgIpc) is 2.72. The number of anilines is 1. The van der Waals surface area contributed by atoms with Gasteiger partial charge in [0.15, 0.2) is 0 Å². The Morgan fingerprint density at radius 1 is 1.07 bits per heavy atom. The van der Waals surface area contributed by atoms with Crippen LogP contribution in [0.3, 0.4) is 0 Å². The van der Waals surface area contributed by atoms with E-state index in [0.29, 0.717) is 6.61 Å². The lowest BCUT2D eigenvalue weighted by Crippen LogP contribution is -2.61. The van der Waals surface area contributed by atoms with Crippen LogP contribution in [-0.4, -0.2) is 35.6 Å². The van der Waals surface area contributed by atoms with E-state index < -0.39 is 6.04 Å². The number of piperidine rings is 2. The third-order valence-corrected chi connectivity index (χ3v) is 5.81. The van der Waals surface area contributed by atoms with Crippen molar-refractivity contribution in [3.63, 3.8) is 0 Å². The zero-order chi connectivity index (χ0) is 18.8. The lowest BCUT2D eigenvalue weighted by molar-refractivity contribution is -0.156. The summed E-state index contributed by atoms with van der Waals surface area (Å²) in [6.07, 6.45) is 4.71. The largest absolute Gasteiger partial charge is 0.464 e. The number of hydrogen-bond acceptors (Lipinski definition) is 3. The molecule has 1 aliphatic carbocycles. The van der Waals surface area contributed by atoms with Gasteiger partial charge in [-0.3, -0.25) is 0 Å². The maximum Gasteiger partial charge on any atom is 0.329 e. The lowest BCUT2D eigenvalue weighted by Gasteiger charge is -2.49. The maximum absolute atomic E-state index is 13.1. The molecular weight excluding hydrogens is 340 g/mol. The van der Waals surface area contributed by atoms with Crippen LogP contribution < -0.4 is 5.32 Å². The molecule has 2 amide bonds. The van der Waals surface area contributed by atoms with E-state index in [2.05, 4.69) is 5.32 Å². The van der Waals surface area contributed by atoms with Gasteiger partial charge in [-0.1, -0.05) is 37.3 Å². The van der Waals surface area contributed by atoms with E-state index in [1.54, 1.807) is 4.90 Å². The SMILES string of the molecule is CCCOC(=O)C1C2CCC(CC2)N1C(=O)Nc1ccc2ccccc2c1. The van der Waals surface area contributed by atoms with E-state index in [4.69, 9.17) is 4.74 Å². The van der Waals surface area contributed by atoms with E-state index in [1.807, 2.05) is 49.4 Å². The highest BCUT2D eigenvalue weighted by Crippen LogP contribution is 2.40. The van der Waals surface area contributed by atoms with Gasteiger partial charge in [-0.15, -0.1) is 0 Å². The van der Waals surface area contributed by atoms with Gasteiger partial charge in [0.05, 0.1) is 6.61 Å². The average molecular weight is 366 g/mol. The summed E-state index contributed by atoms with van der Waals surface area (Å²) in [6, 6.07) is 13.4. The molecule has 2 saturated heterocycles. The molecular formula is C22H26N2O3. The van der Waals surface area contributed by atoms with E-state index in [1.165, 1.54) is 0 Å². The second-order valence-corrected chi connectivity index (χ2v) is 7.58. The summed E-state index contributed by atoms with van der Waals surface area (Å²) in [7, 11) is 0. The number of nitrogens with one attached hydrogen (secondary N) is 1. The third kappa shape index (κ3) is 3.51. The minimum absolute atomic E-state index is 0.120. The van der Waals surface area contributed by atoms with Gasteiger partial charge in [0.1, 0.15) is 6.04 Å². The number of hydrogen-bond donors (Lipinski definition) is 1. The fourth-order valence-corrected chi connectivity index (χ4v) is 4.49. The van der Waals surface area contributed by atoms with Crippen molar-refractivity contribution in [2.24, 2.45) is 5.92 Å². The fourth-order valence-electron chi connectivity index (χ4n) is 4.49. The molecule has 1 saturated carbocycles. The molecule has 0 radical (unpaired) electrons. The second-order valence-electron chi connectivity index (χ2n) is 7.58. The standard InChI is InChI=1S/C22H26N2O3/c1-2-13-27-21(25)20-16-8-11-19(12-9-16)24(20)22(26)23-18-10-7-15-5-3-4-6-17(15)14-18/h3-7,10,14,16,19-20H,2,8-9,11-13H2,1H3,(H,23,26). The summed E-state index contributed by atoms with van der Waals surface area (Å²) >= 11 is 0. The van der Waals surface area contributed by atoms with Crippen LogP contribution in [-0.2, 0) is 9.53 Å². The van der Waals surface area contributed by atoms with Crippen LogP contribution in [0.4, 0.5) is 10.5 Å². The maximum atomic E-state index is 13.1. The molecule has 3 aliphatic rings. The minimum Gasteiger partial charge on any atom is -0.464 e. The van der Waals surface area contributed by atoms with Crippen LogP contribution in [0.15, 0.2) is 42.5 Å². The van der Waals surface area contributed by atoms with E-state index >= 15 is 0 Å². The van der Waals surface area contributed by atoms with Crippen molar-refractivity contribution in [3.05, 3.63) is 42.5 Å². The molecule has 2 aliphatic heterocycles. The molecule has 2 bridgehead atoms. The molecule has 2 heterocycles. The molecule has 5 rings (SSSR count). The van der Waals surface area contributed by atoms with Gasteiger partial charge in [0, 0.05) is 11.7 Å². The summed E-state index contributed by atoms with van der Waals surface area (Å²) in [4.78, 5) is 27.5. The number of fused-ring (bicyclic) bond motifs is 4. The summed E-state index contributed by atoms with van der Waals surface area (Å²) in [5.74, 6) is -0.0402. The number of carbonyl (C=O) groups excluding carboxylic acids is 2. The highest BCUT2D eigenvalue weighted by Gasteiger charge is 2.48. The molecule has 1 N–H and O–H groups in total. The Morgan fingerprint density at radius 2 is 1.81 bits per heavy atom. The quantitative estimate of drug-likeness (QED) is 0.807. The fraction of sp³-hybridized carbons (Fsp3) is 0.455. The molecule has 27 heavy (non-hydrogen) atoms. The summed E-state index contributed by atoms with van der Waals surface area (Å²) in [6.45, 7) is 2.39. The molecule has 5 nitrogen and oxygen atoms in total. The molecule has 1 unspecified atom stereocenters. The molecule has 1 atom stereocenters. The second kappa shape index (κ2) is 7.59.